The zero-order valence-corrected chi connectivity index (χ0v) is 23.2. The molecule has 0 fully saturated rings. The molecule has 6 aromatic rings. The first-order valence-corrected chi connectivity index (χ1v) is 13.1. The lowest BCUT2D eigenvalue weighted by Gasteiger charge is -2.14. The minimum Gasteiger partial charge on any atom is -0.383 e. The molecule has 0 aliphatic rings. The molecule has 4 aromatic heterocycles. The molecule has 8 nitrogen and oxygen atoms in total. The Morgan fingerprint density at radius 2 is 1.16 bits per heavy atom. The molecule has 0 bridgehead atoms. The summed E-state index contributed by atoms with van der Waals surface area (Å²) in [7, 11) is 0. The number of benzene rings is 2. The predicted molar refractivity (Wildman–Crippen MR) is 164 cm³/mol. The Morgan fingerprint density at radius 1 is 0.659 bits per heavy atom. The van der Waals surface area contributed by atoms with Gasteiger partial charge >= 0.3 is 0 Å². The van der Waals surface area contributed by atoms with E-state index in [1.165, 1.54) is 24.3 Å². The second-order valence-electron chi connectivity index (χ2n) is 8.93. The summed E-state index contributed by atoms with van der Waals surface area (Å²) in [6.45, 7) is 6.86. The van der Waals surface area contributed by atoms with Gasteiger partial charge in [0, 0.05) is 53.9 Å². The summed E-state index contributed by atoms with van der Waals surface area (Å²) in [5.74, 6) is 0.258. The second-order valence-corrected chi connectivity index (χ2v) is 8.93. The quantitative estimate of drug-likeness (QED) is 0.219. The highest BCUT2D eigenvalue weighted by atomic mass is 19.1. The van der Waals surface area contributed by atoms with Crippen molar-refractivity contribution in [2.45, 2.75) is 6.54 Å². The first kappa shape index (κ1) is 30.6. The van der Waals surface area contributed by atoms with Gasteiger partial charge in [-0.05, 0) is 78.4 Å². The van der Waals surface area contributed by atoms with Gasteiger partial charge in [-0.2, -0.15) is 5.26 Å². The van der Waals surface area contributed by atoms with E-state index in [0.717, 1.165) is 22.3 Å². The fraction of sp³-hybridized carbons (Fsp3) is 0.0294. The first-order valence-electron chi connectivity index (χ1n) is 13.1. The van der Waals surface area contributed by atoms with Crippen molar-refractivity contribution in [1.82, 2.24) is 24.9 Å². The Labute approximate surface area is 253 Å². The zero-order chi connectivity index (χ0) is 31.1. The smallest absolute Gasteiger partial charge is 0.239 e. The maximum atomic E-state index is 13.3. The summed E-state index contributed by atoms with van der Waals surface area (Å²) in [5, 5.41) is 8.26. The number of nitrogen functional groups attached to an aromatic ring is 1. The van der Waals surface area contributed by atoms with Gasteiger partial charge in [0.2, 0.25) is 6.54 Å². The summed E-state index contributed by atoms with van der Waals surface area (Å²) >= 11 is 0. The topological polar surface area (TPSA) is 119 Å². The number of anilines is 1. The van der Waals surface area contributed by atoms with Crippen molar-refractivity contribution >= 4 is 5.82 Å². The number of nitrogens with zero attached hydrogens (tertiary/aromatic N) is 7. The Kier molecular flexibility index (Phi) is 10.8. The molecular weight excluding hydrogens is 558 g/mol. The molecular formula is C34H24F2N8. The number of aromatic nitrogens is 5. The lowest BCUT2D eigenvalue weighted by atomic mass is 10.00. The van der Waals surface area contributed by atoms with E-state index in [0.29, 0.717) is 35.0 Å². The van der Waals surface area contributed by atoms with Crippen LogP contribution in [0.15, 0.2) is 122 Å². The molecule has 2 N–H and O–H groups in total. The number of halogens is 2. The van der Waals surface area contributed by atoms with Crippen LogP contribution in [0, 0.1) is 29.5 Å². The molecule has 10 heteroatoms. The molecule has 6 rings (SSSR count). The number of pyridine rings is 3. The highest BCUT2D eigenvalue weighted by molar-refractivity contribution is 5.88. The molecule has 0 amide bonds. The van der Waals surface area contributed by atoms with Gasteiger partial charge in [0.1, 0.15) is 17.5 Å². The molecule has 214 valence electrons. The van der Waals surface area contributed by atoms with E-state index < -0.39 is 0 Å². The van der Waals surface area contributed by atoms with Crippen molar-refractivity contribution in [3.63, 3.8) is 0 Å². The van der Waals surface area contributed by atoms with Crippen LogP contribution >= 0.6 is 0 Å². The van der Waals surface area contributed by atoms with Crippen molar-refractivity contribution in [1.29, 1.82) is 5.26 Å². The van der Waals surface area contributed by atoms with Crippen molar-refractivity contribution in [2.75, 3.05) is 5.73 Å². The number of nitrogens with two attached hydrogens (primary N) is 1. The van der Waals surface area contributed by atoms with Crippen LogP contribution in [-0.4, -0.2) is 24.9 Å². The molecule has 0 radical (unpaired) electrons. The van der Waals surface area contributed by atoms with Gasteiger partial charge in [-0.25, -0.2) is 25.3 Å². The highest BCUT2D eigenvalue weighted by Crippen LogP contribution is 2.35. The summed E-state index contributed by atoms with van der Waals surface area (Å²) in [6, 6.07) is 24.7. The largest absolute Gasteiger partial charge is 0.383 e. The Hall–Kier alpha value is -6.39. The highest BCUT2D eigenvalue weighted by Gasteiger charge is 2.17. The molecule has 0 aliphatic heterocycles. The van der Waals surface area contributed by atoms with Crippen molar-refractivity contribution < 1.29 is 8.78 Å². The third-order valence-corrected chi connectivity index (χ3v) is 5.95. The van der Waals surface area contributed by atoms with Gasteiger partial charge < -0.3 is 10.6 Å². The van der Waals surface area contributed by atoms with Crippen LogP contribution in [0.4, 0.5) is 14.6 Å². The van der Waals surface area contributed by atoms with Crippen LogP contribution in [0.5, 0.6) is 0 Å². The van der Waals surface area contributed by atoms with E-state index in [2.05, 4.69) is 24.8 Å². The maximum absolute atomic E-state index is 13.3. The van der Waals surface area contributed by atoms with E-state index in [-0.39, 0.29) is 11.6 Å². The minimum atomic E-state index is -0.313. The lowest BCUT2D eigenvalue weighted by molar-refractivity contribution is 0.627. The van der Waals surface area contributed by atoms with Gasteiger partial charge in [0.15, 0.2) is 5.82 Å². The zero-order valence-electron chi connectivity index (χ0n) is 23.2. The Bertz CT molecular complexity index is 1850. The molecule has 0 atom stereocenters. The SMILES string of the molecule is N#Cc1ccncc1.Nc1nc(-c2ccncc2)nc(-c2ccncc2)c1-c1ccc(F)cc1.[C-]#[N+]Cc1ccc(F)cc1. The molecule has 0 aliphatic carbocycles. The van der Waals surface area contributed by atoms with E-state index in [9.17, 15) is 8.78 Å². The summed E-state index contributed by atoms with van der Waals surface area (Å²) in [6.07, 6.45) is 9.92. The number of rotatable bonds is 4. The average Bonchev–Trinajstić information content (AvgIpc) is 3.08. The summed E-state index contributed by atoms with van der Waals surface area (Å²) in [4.78, 5) is 24.2. The maximum Gasteiger partial charge on any atom is 0.239 e. The molecule has 0 unspecified atom stereocenters. The van der Waals surface area contributed by atoms with Crippen LogP contribution < -0.4 is 5.73 Å². The predicted octanol–water partition coefficient (Wildman–Crippen LogP) is 7.19. The van der Waals surface area contributed by atoms with Gasteiger partial charge in [-0.3, -0.25) is 15.0 Å². The number of nitriles is 1. The second kappa shape index (κ2) is 15.6. The molecule has 0 saturated carbocycles. The molecule has 44 heavy (non-hydrogen) atoms. The molecule has 0 spiro atoms. The van der Waals surface area contributed by atoms with Crippen LogP contribution in [0.1, 0.15) is 11.1 Å². The van der Waals surface area contributed by atoms with E-state index >= 15 is 0 Å². The van der Waals surface area contributed by atoms with Gasteiger partial charge in [0.05, 0.1) is 22.9 Å². The van der Waals surface area contributed by atoms with Gasteiger partial charge in [0.25, 0.3) is 0 Å². The fourth-order valence-corrected chi connectivity index (χ4v) is 3.84. The summed E-state index contributed by atoms with van der Waals surface area (Å²) in [5.41, 5.74) is 11.5. The molecule has 4 heterocycles. The van der Waals surface area contributed by atoms with Crippen LogP contribution in [0.25, 0.3) is 38.6 Å². The third kappa shape index (κ3) is 8.56. The average molecular weight is 583 g/mol. The number of hydrogen-bond donors (Lipinski definition) is 1. The monoisotopic (exact) mass is 582 g/mol. The lowest BCUT2D eigenvalue weighted by Crippen LogP contribution is -2.03. The number of hydrogen-bond acceptors (Lipinski definition) is 7. The van der Waals surface area contributed by atoms with Crippen molar-refractivity contribution in [3.8, 4) is 39.8 Å². The molecule has 2 aromatic carbocycles. The third-order valence-electron chi connectivity index (χ3n) is 5.95. The standard InChI is InChI=1S/C20H14FN5.C8H6FN.C6H4N2/c21-16-3-1-13(2-4-16)17-18(14-5-9-23-10-6-14)25-20(26-19(17)22)15-7-11-24-12-8-15;1-10-6-7-2-4-8(9)5-3-7;7-5-6-1-3-8-4-2-6/h1-12H,(H2,22,25,26);2-5H,6H2;1-4H. The molecule has 0 saturated heterocycles. The van der Waals surface area contributed by atoms with E-state index in [1.807, 2.05) is 30.3 Å². The Morgan fingerprint density at radius 3 is 1.66 bits per heavy atom. The van der Waals surface area contributed by atoms with Crippen LogP contribution in [-0.2, 0) is 6.54 Å². The van der Waals surface area contributed by atoms with Crippen LogP contribution in [0.2, 0.25) is 0 Å². The minimum absolute atomic E-state index is 0.256. The normalized spacial score (nSPS) is 9.73. The van der Waals surface area contributed by atoms with Crippen molar-refractivity contribution in [2.24, 2.45) is 0 Å². The van der Waals surface area contributed by atoms with Crippen LogP contribution in [0.3, 0.4) is 0 Å². The van der Waals surface area contributed by atoms with Crippen molar-refractivity contribution in [3.05, 3.63) is 156 Å². The van der Waals surface area contributed by atoms with Gasteiger partial charge in [-0.15, -0.1) is 0 Å². The van der Waals surface area contributed by atoms with Gasteiger partial charge in [-0.1, -0.05) is 12.1 Å². The summed E-state index contributed by atoms with van der Waals surface area (Å²) < 4.78 is 25.6. The van der Waals surface area contributed by atoms with E-state index in [4.69, 9.17) is 22.6 Å². The fourth-order valence-electron chi connectivity index (χ4n) is 3.84. The Balaban J connectivity index is 0.000000200. The first-order chi connectivity index (χ1) is 21.5. The van der Waals surface area contributed by atoms with E-state index in [1.54, 1.807) is 73.6 Å².